The van der Waals surface area contributed by atoms with Crippen molar-refractivity contribution in [3.63, 3.8) is 0 Å². The number of aromatic nitrogens is 4. The fourth-order valence-corrected chi connectivity index (χ4v) is 2.74. The summed E-state index contributed by atoms with van der Waals surface area (Å²) in [5, 5.41) is 0.902. The fraction of sp³-hybridized carbons (Fsp3) is 0.0667. The molecule has 1 aromatic carbocycles. The summed E-state index contributed by atoms with van der Waals surface area (Å²) in [6, 6.07) is 8.00. The summed E-state index contributed by atoms with van der Waals surface area (Å²) in [5.74, 6) is 1.56. The van der Waals surface area contributed by atoms with E-state index in [1.54, 1.807) is 24.0 Å². The van der Waals surface area contributed by atoms with Gasteiger partial charge in [0.2, 0.25) is 0 Å². The van der Waals surface area contributed by atoms with Crippen molar-refractivity contribution in [1.82, 2.24) is 19.5 Å². The third-order valence-electron chi connectivity index (χ3n) is 2.91. The van der Waals surface area contributed by atoms with Crippen LogP contribution < -0.4 is 0 Å². The van der Waals surface area contributed by atoms with Gasteiger partial charge in [-0.25, -0.2) is 9.97 Å². The van der Waals surface area contributed by atoms with Crippen molar-refractivity contribution < 1.29 is 1.43 Å². The summed E-state index contributed by atoms with van der Waals surface area (Å²) >= 11 is 1.63. The van der Waals surface area contributed by atoms with Gasteiger partial charge in [-0.15, -0.1) is 0 Å². The second-order valence-corrected chi connectivity index (χ2v) is 5.20. The standard InChI is InChI=1S/C15H14N4S.H2/c1-3-14-16-11(9-19(14)4-2)10-20-15-17-12-7-5-6-8-13(12)18-15;/h3-9H,1-2,10H2,(H,17,18);1H. The molecule has 0 aliphatic heterocycles. The van der Waals surface area contributed by atoms with E-state index >= 15 is 0 Å². The van der Waals surface area contributed by atoms with Crippen molar-refractivity contribution in [2.45, 2.75) is 10.9 Å². The predicted octanol–water partition coefficient (Wildman–Crippen LogP) is 4.04. The highest BCUT2D eigenvalue weighted by Gasteiger charge is 2.06. The molecule has 0 saturated carbocycles. The number of fused-ring (bicyclic) bond motifs is 1. The lowest BCUT2D eigenvalue weighted by atomic mass is 10.3. The zero-order chi connectivity index (χ0) is 13.9. The monoisotopic (exact) mass is 284 g/mol. The highest BCUT2D eigenvalue weighted by molar-refractivity contribution is 7.98. The van der Waals surface area contributed by atoms with E-state index in [0.717, 1.165) is 33.5 Å². The Hall–Kier alpha value is -2.27. The molecule has 0 saturated heterocycles. The third-order valence-corrected chi connectivity index (χ3v) is 3.82. The van der Waals surface area contributed by atoms with Crippen molar-refractivity contribution in [2.24, 2.45) is 0 Å². The van der Waals surface area contributed by atoms with E-state index in [-0.39, 0.29) is 1.43 Å². The van der Waals surface area contributed by atoms with Crippen molar-refractivity contribution in [3.05, 3.63) is 55.1 Å². The first-order chi connectivity index (χ1) is 9.80. The lowest BCUT2D eigenvalue weighted by molar-refractivity contribution is 1.07. The average molecular weight is 284 g/mol. The molecule has 1 N–H and O–H groups in total. The van der Waals surface area contributed by atoms with E-state index in [1.807, 2.05) is 35.0 Å². The molecule has 0 atom stereocenters. The first-order valence-electron chi connectivity index (χ1n) is 6.20. The van der Waals surface area contributed by atoms with Crippen LogP contribution in [0.3, 0.4) is 0 Å². The van der Waals surface area contributed by atoms with Gasteiger partial charge in [0.25, 0.3) is 0 Å². The molecule has 3 rings (SSSR count). The van der Waals surface area contributed by atoms with Crippen LogP contribution in [0.4, 0.5) is 0 Å². The molecule has 3 aromatic rings. The van der Waals surface area contributed by atoms with Crippen molar-refractivity contribution in [1.29, 1.82) is 0 Å². The summed E-state index contributed by atoms with van der Waals surface area (Å²) in [4.78, 5) is 12.3. The van der Waals surface area contributed by atoms with Crippen molar-refractivity contribution in [3.8, 4) is 0 Å². The summed E-state index contributed by atoms with van der Waals surface area (Å²) in [5.41, 5.74) is 3.02. The Morgan fingerprint density at radius 1 is 1.30 bits per heavy atom. The van der Waals surface area contributed by atoms with Gasteiger partial charge < -0.3 is 9.55 Å². The number of aromatic amines is 1. The predicted molar refractivity (Wildman–Crippen MR) is 86.5 cm³/mol. The summed E-state index contributed by atoms with van der Waals surface area (Å²) in [7, 11) is 0. The first-order valence-corrected chi connectivity index (χ1v) is 7.19. The molecule has 0 aliphatic carbocycles. The van der Waals surface area contributed by atoms with Crippen LogP contribution >= 0.6 is 11.8 Å². The minimum atomic E-state index is 0. The van der Waals surface area contributed by atoms with Gasteiger partial charge in [-0.3, -0.25) is 0 Å². The van der Waals surface area contributed by atoms with E-state index in [9.17, 15) is 0 Å². The number of thioether (sulfide) groups is 1. The highest BCUT2D eigenvalue weighted by atomic mass is 32.2. The number of imidazole rings is 2. The van der Waals surface area contributed by atoms with Crippen LogP contribution in [0.5, 0.6) is 0 Å². The number of rotatable bonds is 5. The van der Waals surface area contributed by atoms with Crippen LogP contribution in [-0.4, -0.2) is 19.5 Å². The number of H-pyrrole nitrogens is 1. The third kappa shape index (κ3) is 2.40. The van der Waals surface area contributed by atoms with E-state index in [0.29, 0.717) is 0 Å². The van der Waals surface area contributed by atoms with Gasteiger partial charge in [-0.1, -0.05) is 37.1 Å². The molecule has 4 nitrogen and oxygen atoms in total. The van der Waals surface area contributed by atoms with Crippen LogP contribution in [-0.2, 0) is 5.75 Å². The second kappa shape index (κ2) is 5.38. The zero-order valence-electron chi connectivity index (χ0n) is 10.9. The van der Waals surface area contributed by atoms with E-state index in [1.165, 1.54) is 0 Å². The first kappa shape index (κ1) is 12.7. The highest BCUT2D eigenvalue weighted by Crippen LogP contribution is 2.22. The number of nitrogens with one attached hydrogen (secondary N) is 1. The van der Waals surface area contributed by atoms with Gasteiger partial charge in [0.1, 0.15) is 5.82 Å². The molecule has 0 aliphatic rings. The van der Waals surface area contributed by atoms with E-state index in [4.69, 9.17) is 0 Å². The Morgan fingerprint density at radius 3 is 2.85 bits per heavy atom. The summed E-state index contributed by atoms with van der Waals surface area (Å²) in [6.45, 7) is 7.49. The maximum absolute atomic E-state index is 4.53. The van der Waals surface area contributed by atoms with E-state index < -0.39 is 0 Å². The molecule has 102 valence electrons. The maximum Gasteiger partial charge on any atom is 0.166 e. The molecule has 0 amide bonds. The molecule has 5 heteroatoms. The Balaban J connectivity index is 0.00000161. The van der Waals surface area contributed by atoms with Crippen LogP contribution in [0.25, 0.3) is 23.3 Å². The molecule has 2 heterocycles. The second-order valence-electron chi connectivity index (χ2n) is 4.23. The van der Waals surface area contributed by atoms with Crippen LogP contribution in [0, 0.1) is 0 Å². The SMILES string of the molecule is C=Cc1nc(CSc2nc3ccccc3[nH]2)cn1C=C.[HH]. The molecule has 0 spiro atoms. The lowest BCUT2D eigenvalue weighted by Gasteiger charge is -1.93. The van der Waals surface area contributed by atoms with Gasteiger partial charge >= 0.3 is 0 Å². The molecule has 2 aromatic heterocycles. The number of nitrogens with zero attached hydrogens (tertiary/aromatic N) is 3. The fourth-order valence-electron chi connectivity index (χ4n) is 1.97. The zero-order valence-corrected chi connectivity index (χ0v) is 11.7. The number of hydrogen-bond donors (Lipinski definition) is 1. The molecule has 0 unspecified atom stereocenters. The summed E-state index contributed by atoms with van der Waals surface area (Å²) in [6.07, 6.45) is 5.40. The van der Waals surface area contributed by atoms with Gasteiger partial charge in [-0.2, -0.15) is 0 Å². The quantitative estimate of drug-likeness (QED) is 0.719. The van der Waals surface area contributed by atoms with Gasteiger partial charge in [0.15, 0.2) is 5.16 Å². The Kier molecular flexibility index (Phi) is 3.43. The summed E-state index contributed by atoms with van der Waals surface area (Å²) < 4.78 is 1.86. The normalized spacial score (nSPS) is 10.8. The van der Waals surface area contributed by atoms with Gasteiger partial charge in [-0.05, 0) is 18.2 Å². The Morgan fingerprint density at radius 2 is 2.15 bits per heavy atom. The topological polar surface area (TPSA) is 46.5 Å². The maximum atomic E-state index is 4.53. The molecule has 20 heavy (non-hydrogen) atoms. The van der Waals surface area contributed by atoms with Crippen LogP contribution in [0.1, 0.15) is 12.9 Å². The van der Waals surface area contributed by atoms with Crippen LogP contribution in [0.2, 0.25) is 0 Å². The molecular weight excluding hydrogens is 268 g/mol. The minimum absolute atomic E-state index is 0. The number of para-hydroxylation sites is 2. The van der Waals surface area contributed by atoms with Crippen molar-refractivity contribution >= 4 is 35.1 Å². The molecular formula is C15H16N4S. The average Bonchev–Trinajstić information content (AvgIpc) is 3.07. The largest absolute Gasteiger partial charge is 0.333 e. The van der Waals surface area contributed by atoms with Crippen molar-refractivity contribution in [2.75, 3.05) is 0 Å². The number of hydrogen-bond acceptors (Lipinski definition) is 3. The molecule has 0 fully saturated rings. The molecule has 0 bridgehead atoms. The Bertz CT molecular complexity index is 716. The van der Waals surface area contributed by atoms with Crippen LogP contribution in [0.15, 0.2) is 48.8 Å². The van der Waals surface area contributed by atoms with Gasteiger partial charge in [0.05, 0.1) is 16.7 Å². The van der Waals surface area contributed by atoms with Gasteiger partial charge in [0, 0.05) is 19.6 Å². The Labute approximate surface area is 122 Å². The minimum Gasteiger partial charge on any atom is -0.333 e. The molecule has 0 radical (unpaired) electrons. The smallest absolute Gasteiger partial charge is 0.166 e. The van der Waals surface area contributed by atoms with E-state index in [2.05, 4.69) is 28.1 Å². The number of benzene rings is 1. The lowest BCUT2D eigenvalue weighted by Crippen LogP contribution is -1.85.